The van der Waals surface area contributed by atoms with Crippen molar-refractivity contribution in [1.29, 1.82) is 0 Å². The first-order valence-electron chi connectivity index (χ1n) is 4.94. The summed E-state index contributed by atoms with van der Waals surface area (Å²) in [6, 6.07) is 4.87. The third-order valence-corrected chi connectivity index (χ3v) is 2.70. The van der Waals surface area contributed by atoms with Crippen molar-refractivity contribution in [3.05, 3.63) is 57.5 Å². The van der Waals surface area contributed by atoms with Crippen LogP contribution in [-0.4, -0.2) is 4.98 Å². The first-order valence-corrected chi connectivity index (χ1v) is 5.32. The Bertz CT molecular complexity index is 634. The number of benzene rings is 1. The van der Waals surface area contributed by atoms with Gasteiger partial charge in [0.2, 0.25) is 5.43 Å². The Morgan fingerprint density at radius 3 is 2.39 bits per heavy atom. The molecule has 0 aliphatic heterocycles. The predicted octanol–water partition coefficient (Wildman–Crippen LogP) is 3.71. The van der Waals surface area contributed by atoms with Gasteiger partial charge in [-0.3, -0.25) is 4.79 Å². The van der Waals surface area contributed by atoms with Crippen molar-refractivity contribution >= 4 is 11.6 Å². The highest BCUT2D eigenvalue weighted by molar-refractivity contribution is 6.30. The monoisotopic (exact) mass is 273 g/mol. The maximum Gasteiger partial charge on any atom is 0.417 e. The van der Waals surface area contributed by atoms with E-state index in [1.807, 2.05) is 0 Å². The molecular weight excluding hydrogens is 267 g/mol. The Labute approximate surface area is 105 Å². The van der Waals surface area contributed by atoms with Crippen LogP contribution in [0.15, 0.2) is 41.5 Å². The number of aromatic amines is 1. The minimum absolute atomic E-state index is 0.101. The molecule has 0 fully saturated rings. The molecule has 0 aliphatic rings. The molecule has 0 spiro atoms. The number of hydrogen-bond acceptors (Lipinski definition) is 1. The smallest absolute Gasteiger partial charge is 0.366 e. The second-order valence-corrected chi connectivity index (χ2v) is 4.00. The van der Waals surface area contributed by atoms with Gasteiger partial charge in [-0.1, -0.05) is 29.8 Å². The minimum atomic E-state index is -4.52. The van der Waals surface area contributed by atoms with E-state index >= 15 is 0 Å². The van der Waals surface area contributed by atoms with E-state index in [1.165, 1.54) is 30.6 Å². The van der Waals surface area contributed by atoms with Crippen molar-refractivity contribution in [3.8, 4) is 11.1 Å². The van der Waals surface area contributed by atoms with Crippen molar-refractivity contribution in [2.45, 2.75) is 6.18 Å². The second-order valence-electron chi connectivity index (χ2n) is 3.59. The van der Waals surface area contributed by atoms with Gasteiger partial charge in [0.25, 0.3) is 0 Å². The highest BCUT2D eigenvalue weighted by Gasteiger charge is 2.33. The summed E-state index contributed by atoms with van der Waals surface area (Å²) in [5, 5.41) is -0.149. The molecule has 0 radical (unpaired) electrons. The van der Waals surface area contributed by atoms with E-state index in [4.69, 9.17) is 11.6 Å². The Morgan fingerprint density at radius 2 is 1.72 bits per heavy atom. The molecule has 1 N–H and O–H groups in total. The lowest BCUT2D eigenvalue weighted by molar-refractivity contribution is -0.137. The number of rotatable bonds is 1. The van der Waals surface area contributed by atoms with Crippen LogP contribution in [-0.2, 0) is 6.18 Å². The summed E-state index contributed by atoms with van der Waals surface area (Å²) in [5.41, 5.74) is -1.78. The topological polar surface area (TPSA) is 32.9 Å². The molecule has 1 heterocycles. The molecule has 0 saturated heterocycles. The third-order valence-electron chi connectivity index (χ3n) is 2.42. The Kier molecular flexibility index (Phi) is 3.17. The number of alkyl halides is 3. The Morgan fingerprint density at radius 1 is 1.06 bits per heavy atom. The van der Waals surface area contributed by atoms with Crippen LogP contribution in [0.5, 0.6) is 0 Å². The second kappa shape index (κ2) is 4.49. The van der Waals surface area contributed by atoms with E-state index in [1.54, 1.807) is 0 Å². The highest BCUT2D eigenvalue weighted by Crippen LogP contribution is 2.35. The molecule has 6 heteroatoms. The fraction of sp³-hybridized carbons (Fsp3) is 0.0833. The zero-order chi connectivity index (χ0) is 13.3. The first-order chi connectivity index (χ1) is 8.41. The molecule has 0 unspecified atom stereocenters. The SMILES string of the molecule is O=c1c(Cl)c[nH]cc1-c1ccccc1C(F)(F)F. The van der Waals surface area contributed by atoms with Crippen molar-refractivity contribution in [3.63, 3.8) is 0 Å². The number of pyridine rings is 1. The van der Waals surface area contributed by atoms with Gasteiger partial charge in [-0.15, -0.1) is 0 Å². The van der Waals surface area contributed by atoms with Crippen molar-refractivity contribution in [1.82, 2.24) is 4.98 Å². The van der Waals surface area contributed by atoms with Gasteiger partial charge in [-0.25, -0.2) is 0 Å². The molecular formula is C12H7ClF3NO. The van der Waals surface area contributed by atoms with Gasteiger partial charge in [-0.05, 0) is 11.6 Å². The summed E-state index contributed by atoms with van der Waals surface area (Å²) in [6.45, 7) is 0. The van der Waals surface area contributed by atoms with Crippen LogP contribution >= 0.6 is 11.6 Å². The number of aromatic nitrogens is 1. The van der Waals surface area contributed by atoms with Crippen LogP contribution in [0.4, 0.5) is 13.2 Å². The number of H-pyrrole nitrogens is 1. The molecule has 2 nitrogen and oxygen atoms in total. The van der Waals surface area contributed by atoms with Crippen LogP contribution in [0.1, 0.15) is 5.56 Å². The molecule has 0 bridgehead atoms. The van der Waals surface area contributed by atoms with Crippen molar-refractivity contribution < 1.29 is 13.2 Å². The zero-order valence-corrected chi connectivity index (χ0v) is 9.64. The maximum absolute atomic E-state index is 12.8. The van der Waals surface area contributed by atoms with Gasteiger partial charge in [0.1, 0.15) is 5.02 Å². The molecule has 1 aromatic carbocycles. The molecule has 0 aliphatic carbocycles. The molecule has 1 aromatic heterocycles. The van der Waals surface area contributed by atoms with Crippen molar-refractivity contribution in [2.24, 2.45) is 0 Å². The first kappa shape index (κ1) is 12.7. The van der Waals surface area contributed by atoms with Crippen molar-refractivity contribution in [2.75, 3.05) is 0 Å². The summed E-state index contributed by atoms with van der Waals surface area (Å²) >= 11 is 5.61. The lowest BCUT2D eigenvalue weighted by atomic mass is 10.0. The van der Waals surface area contributed by atoms with Gasteiger partial charge < -0.3 is 4.98 Å². The molecule has 18 heavy (non-hydrogen) atoms. The zero-order valence-electron chi connectivity index (χ0n) is 8.88. The van der Waals surface area contributed by atoms with E-state index in [2.05, 4.69) is 4.98 Å². The fourth-order valence-electron chi connectivity index (χ4n) is 1.62. The van der Waals surface area contributed by atoms with Gasteiger partial charge in [0.15, 0.2) is 0 Å². The standard InChI is InChI=1S/C12H7ClF3NO/c13-10-6-17-5-8(11(10)18)7-3-1-2-4-9(7)12(14,15)16/h1-6H,(H,17,18). The largest absolute Gasteiger partial charge is 0.417 e. The van der Waals surface area contributed by atoms with Crippen LogP contribution in [0.2, 0.25) is 5.02 Å². The number of hydrogen-bond donors (Lipinski definition) is 1. The quantitative estimate of drug-likeness (QED) is 0.844. The summed E-state index contributed by atoms with van der Waals surface area (Å²) in [7, 11) is 0. The van der Waals surface area contributed by atoms with E-state index in [-0.39, 0.29) is 16.1 Å². The maximum atomic E-state index is 12.8. The predicted molar refractivity (Wildman–Crippen MR) is 62.5 cm³/mol. The van der Waals surface area contributed by atoms with Crippen LogP contribution in [0, 0.1) is 0 Å². The molecule has 2 rings (SSSR count). The van der Waals surface area contributed by atoms with Crippen LogP contribution < -0.4 is 5.43 Å². The molecule has 2 aromatic rings. The fourth-order valence-corrected chi connectivity index (χ4v) is 1.79. The number of halogens is 4. The summed E-state index contributed by atoms with van der Waals surface area (Å²) < 4.78 is 38.5. The lowest BCUT2D eigenvalue weighted by Crippen LogP contribution is -2.12. The van der Waals surface area contributed by atoms with Crippen LogP contribution in [0.3, 0.4) is 0 Å². The van der Waals surface area contributed by atoms with Gasteiger partial charge >= 0.3 is 6.18 Å². The lowest BCUT2D eigenvalue weighted by Gasteiger charge is -2.12. The van der Waals surface area contributed by atoms with E-state index in [0.717, 1.165) is 6.07 Å². The summed E-state index contributed by atoms with van der Waals surface area (Å²) in [4.78, 5) is 14.3. The number of nitrogens with one attached hydrogen (secondary N) is 1. The highest BCUT2D eigenvalue weighted by atomic mass is 35.5. The summed E-state index contributed by atoms with van der Waals surface area (Å²) in [5.74, 6) is 0. The average Bonchev–Trinajstić information content (AvgIpc) is 2.32. The van der Waals surface area contributed by atoms with E-state index < -0.39 is 17.2 Å². The molecule has 0 amide bonds. The normalized spacial score (nSPS) is 11.6. The summed E-state index contributed by atoms with van der Waals surface area (Å²) in [6.07, 6.45) is -2.09. The minimum Gasteiger partial charge on any atom is -0.366 e. The van der Waals surface area contributed by atoms with Gasteiger partial charge in [0.05, 0.1) is 5.56 Å². The third kappa shape index (κ3) is 2.26. The molecule has 0 atom stereocenters. The van der Waals surface area contributed by atoms with Crippen LogP contribution in [0.25, 0.3) is 11.1 Å². The van der Waals surface area contributed by atoms with Gasteiger partial charge in [-0.2, -0.15) is 13.2 Å². The molecule has 0 saturated carbocycles. The van der Waals surface area contributed by atoms with E-state index in [0.29, 0.717) is 0 Å². The van der Waals surface area contributed by atoms with Gasteiger partial charge in [0, 0.05) is 18.0 Å². The van der Waals surface area contributed by atoms with E-state index in [9.17, 15) is 18.0 Å². The average molecular weight is 274 g/mol. The molecule has 94 valence electrons. The Hall–Kier alpha value is -1.75. The Balaban J connectivity index is 2.73.